The van der Waals surface area contributed by atoms with Crippen molar-refractivity contribution in [1.29, 1.82) is 0 Å². The van der Waals surface area contributed by atoms with Crippen LogP contribution in [0, 0.1) is 11.8 Å². The Morgan fingerprint density at radius 2 is 2.00 bits per heavy atom. The third kappa shape index (κ3) is 4.19. The first kappa shape index (κ1) is 19.6. The maximum atomic E-state index is 10.4. The van der Waals surface area contributed by atoms with Crippen molar-refractivity contribution >= 4 is 11.8 Å². The number of aliphatic hydroxyl groups is 2. The highest BCUT2D eigenvalue weighted by atomic mass is 32.2. The van der Waals surface area contributed by atoms with Crippen LogP contribution in [0.5, 0.6) is 0 Å². The number of thioether (sulfide) groups is 1. The number of ether oxygens (including phenoxy) is 4. The molecule has 0 aromatic heterocycles. The predicted molar refractivity (Wildman–Crippen MR) is 102 cm³/mol. The summed E-state index contributed by atoms with van der Waals surface area (Å²) < 4.78 is 24.3. The number of fused-ring (bicyclic) bond motifs is 1. The van der Waals surface area contributed by atoms with Gasteiger partial charge in [-0.3, -0.25) is 0 Å². The molecule has 4 rings (SSSR count). The smallest absolute Gasteiger partial charge is 0.190 e. The van der Waals surface area contributed by atoms with Crippen LogP contribution in [0.25, 0.3) is 0 Å². The quantitative estimate of drug-likeness (QED) is 0.752. The zero-order chi connectivity index (χ0) is 19.0. The van der Waals surface area contributed by atoms with E-state index in [1.54, 1.807) is 11.8 Å². The van der Waals surface area contributed by atoms with Gasteiger partial charge in [-0.25, -0.2) is 0 Å². The first-order valence-corrected chi connectivity index (χ1v) is 10.6. The van der Waals surface area contributed by atoms with Crippen LogP contribution in [0.1, 0.15) is 20.3 Å². The fraction of sp³-hybridized carbons (Fsp3) is 0.700. The van der Waals surface area contributed by atoms with Crippen LogP contribution < -0.4 is 0 Å². The van der Waals surface area contributed by atoms with E-state index in [2.05, 4.69) is 32.1 Å². The monoisotopic (exact) mass is 396 g/mol. The maximum Gasteiger partial charge on any atom is 0.190 e. The number of allylic oxidation sites excluding steroid dienone is 3. The summed E-state index contributed by atoms with van der Waals surface area (Å²) >= 11 is 1.71. The highest BCUT2D eigenvalue weighted by molar-refractivity contribution is 8.03. The van der Waals surface area contributed by atoms with Crippen molar-refractivity contribution in [2.24, 2.45) is 11.8 Å². The van der Waals surface area contributed by atoms with Crippen LogP contribution in [-0.2, 0) is 18.9 Å². The first-order chi connectivity index (χ1) is 13.0. The summed E-state index contributed by atoms with van der Waals surface area (Å²) in [6.07, 6.45) is 5.81. The van der Waals surface area contributed by atoms with Crippen molar-refractivity contribution in [3.05, 3.63) is 34.8 Å². The second kappa shape index (κ2) is 8.37. The Labute approximate surface area is 164 Å². The highest BCUT2D eigenvalue weighted by Crippen LogP contribution is 2.39. The molecule has 2 unspecified atom stereocenters. The molecule has 0 radical (unpaired) electrons. The standard InChI is InChI=1S/C20H28O6S/c1-11-4-3-5-13(6-11)19-23-9-15-18(26-19)17(14(22)8-21)25-20(24-15)16-7-12(2)10-27-16/h3,5-7,11-12,14-15,17-22H,4,8-10H2,1-2H3/t11-,12+,14-,15+,17-,18-,19?,20?/m1/s1. The van der Waals surface area contributed by atoms with E-state index in [1.165, 1.54) is 0 Å². The van der Waals surface area contributed by atoms with Crippen molar-refractivity contribution in [3.8, 4) is 0 Å². The van der Waals surface area contributed by atoms with E-state index in [0.29, 0.717) is 18.4 Å². The predicted octanol–water partition coefficient (Wildman–Crippen LogP) is 1.98. The Morgan fingerprint density at radius 3 is 2.70 bits per heavy atom. The Hall–Kier alpha value is -0.670. The van der Waals surface area contributed by atoms with Gasteiger partial charge in [-0.2, -0.15) is 0 Å². The van der Waals surface area contributed by atoms with Gasteiger partial charge in [0.25, 0.3) is 0 Å². The number of hydrogen-bond donors (Lipinski definition) is 2. The lowest BCUT2D eigenvalue weighted by Crippen LogP contribution is -2.61. The van der Waals surface area contributed by atoms with Gasteiger partial charge in [0.2, 0.25) is 0 Å². The molecule has 3 heterocycles. The Balaban J connectivity index is 1.51. The molecule has 150 valence electrons. The normalized spacial score (nSPS) is 43.0. The minimum atomic E-state index is -1.04. The van der Waals surface area contributed by atoms with Gasteiger partial charge < -0.3 is 29.2 Å². The summed E-state index contributed by atoms with van der Waals surface area (Å²) in [6, 6.07) is 0. The lowest BCUT2D eigenvalue weighted by molar-refractivity contribution is -0.352. The molecule has 2 fully saturated rings. The van der Waals surface area contributed by atoms with Gasteiger partial charge in [-0.15, -0.1) is 11.8 Å². The summed E-state index contributed by atoms with van der Waals surface area (Å²) in [4.78, 5) is 1.02. The topological polar surface area (TPSA) is 77.4 Å². The van der Waals surface area contributed by atoms with Crippen molar-refractivity contribution < 1.29 is 29.2 Å². The van der Waals surface area contributed by atoms with Crippen molar-refractivity contribution in [2.75, 3.05) is 19.0 Å². The second-order valence-corrected chi connectivity index (χ2v) is 8.86. The van der Waals surface area contributed by atoms with Gasteiger partial charge in [0.15, 0.2) is 12.6 Å². The summed E-state index contributed by atoms with van der Waals surface area (Å²) in [5, 5.41) is 19.9. The van der Waals surface area contributed by atoms with Crippen LogP contribution in [0.4, 0.5) is 0 Å². The van der Waals surface area contributed by atoms with Gasteiger partial charge in [0, 0.05) is 16.2 Å². The minimum absolute atomic E-state index is 0.353. The minimum Gasteiger partial charge on any atom is -0.394 e. The van der Waals surface area contributed by atoms with E-state index < -0.39 is 37.5 Å². The molecule has 4 aliphatic rings. The summed E-state index contributed by atoms with van der Waals surface area (Å²) in [5.41, 5.74) is 0.981. The molecule has 0 amide bonds. The van der Waals surface area contributed by atoms with E-state index in [4.69, 9.17) is 18.9 Å². The van der Waals surface area contributed by atoms with Crippen LogP contribution in [0.15, 0.2) is 34.8 Å². The Bertz CT molecular complexity index is 632. The fourth-order valence-electron chi connectivity index (χ4n) is 3.86. The van der Waals surface area contributed by atoms with Crippen LogP contribution >= 0.6 is 11.8 Å². The van der Waals surface area contributed by atoms with Gasteiger partial charge in [-0.05, 0) is 18.3 Å². The SMILES string of the molecule is C[C@H]1C=C(C2OC[C@@H]3OC(C4=C[C@H](C)CS4)O[C@H]([C@H](O)CO)[C@@H]3O2)C=CC1. The molecule has 6 nitrogen and oxygen atoms in total. The van der Waals surface area contributed by atoms with E-state index in [0.717, 1.165) is 22.7 Å². The molecule has 0 spiro atoms. The number of rotatable bonds is 4. The zero-order valence-electron chi connectivity index (χ0n) is 15.7. The van der Waals surface area contributed by atoms with Crippen molar-refractivity contribution in [3.63, 3.8) is 0 Å². The van der Waals surface area contributed by atoms with Crippen LogP contribution in [0.2, 0.25) is 0 Å². The lowest BCUT2D eigenvalue weighted by atomic mass is 9.96. The summed E-state index contributed by atoms with van der Waals surface area (Å²) in [7, 11) is 0. The molecule has 7 heteroatoms. The van der Waals surface area contributed by atoms with E-state index in [-0.39, 0.29) is 6.10 Å². The molecule has 0 bridgehead atoms. The third-order valence-corrected chi connectivity index (χ3v) is 6.64. The molecule has 1 aliphatic carbocycles. The molecule has 0 aromatic rings. The van der Waals surface area contributed by atoms with Crippen LogP contribution in [-0.4, -0.2) is 66.2 Å². The average molecular weight is 397 g/mol. The van der Waals surface area contributed by atoms with E-state index in [1.807, 2.05) is 6.08 Å². The number of hydrogen-bond acceptors (Lipinski definition) is 7. The molecule has 8 atom stereocenters. The van der Waals surface area contributed by atoms with Crippen LogP contribution in [0.3, 0.4) is 0 Å². The molecular formula is C20H28O6S. The molecule has 27 heavy (non-hydrogen) atoms. The molecule has 2 N–H and O–H groups in total. The summed E-state index contributed by atoms with van der Waals surface area (Å²) in [5.74, 6) is 1.89. The zero-order valence-corrected chi connectivity index (χ0v) is 16.5. The molecule has 3 aliphatic heterocycles. The van der Waals surface area contributed by atoms with E-state index in [9.17, 15) is 10.2 Å². The number of aliphatic hydroxyl groups excluding tert-OH is 2. The maximum absolute atomic E-state index is 10.4. The van der Waals surface area contributed by atoms with E-state index >= 15 is 0 Å². The first-order valence-electron chi connectivity index (χ1n) is 9.65. The largest absolute Gasteiger partial charge is 0.394 e. The fourth-order valence-corrected chi connectivity index (χ4v) is 4.99. The molecule has 2 saturated heterocycles. The van der Waals surface area contributed by atoms with Gasteiger partial charge in [0.1, 0.15) is 24.4 Å². The Kier molecular flexibility index (Phi) is 6.09. The van der Waals surface area contributed by atoms with Gasteiger partial charge in [0.05, 0.1) is 13.2 Å². The Morgan fingerprint density at radius 1 is 1.15 bits per heavy atom. The highest BCUT2D eigenvalue weighted by Gasteiger charge is 2.49. The third-order valence-electron chi connectivity index (χ3n) is 5.29. The second-order valence-electron chi connectivity index (χ2n) is 7.76. The average Bonchev–Trinajstić information content (AvgIpc) is 3.12. The lowest BCUT2D eigenvalue weighted by Gasteiger charge is -2.47. The molecule has 0 saturated carbocycles. The molecular weight excluding hydrogens is 368 g/mol. The van der Waals surface area contributed by atoms with Gasteiger partial charge >= 0.3 is 0 Å². The van der Waals surface area contributed by atoms with Gasteiger partial charge in [-0.1, -0.05) is 38.2 Å². The summed E-state index contributed by atoms with van der Waals surface area (Å²) in [6.45, 7) is 4.27. The van der Waals surface area contributed by atoms with Crippen molar-refractivity contribution in [2.45, 2.75) is 57.3 Å². The molecule has 0 aromatic carbocycles. The van der Waals surface area contributed by atoms with Crippen molar-refractivity contribution in [1.82, 2.24) is 0 Å².